The Morgan fingerprint density at radius 2 is 1.24 bits per heavy atom. The van der Waals surface area contributed by atoms with Crippen molar-refractivity contribution in [2.45, 2.75) is 91.9 Å². The predicted octanol–water partition coefficient (Wildman–Crippen LogP) is 5.87. The Hall–Kier alpha value is -1.52. The van der Waals surface area contributed by atoms with Gasteiger partial charge in [-0.3, -0.25) is 9.59 Å². The summed E-state index contributed by atoms with van der Waals surface area (Å²) in [6, 6.07) is 0. The Morgan fingerprint density at radius 3 is 1.64 bits per heavy atom. The highest BCUT2D eigenvalue weighted by Crippen LogP contribution is 2.26. The van der Waals surface area contributed by atoms with Gasteiger partial charge in [-0.15, -0.1) is 4.91 Å². The highest BCUT2D eigenvalue weighted by Gasteiger charge is 2.27. The number of aliphatic carboxylic acids is 1. The van der Waals surface area contributed by atoms with E-state index in [4.69, 9.17) is 5.11 Å². The maximum Gasteiger partial charge on any atom is 0.309 e. The van der Waals surface area contributed by atoms with E-state index >= 15 is 0 Å². The lowest BCUT2D eigenvalue weighted by atomic mass is 9.86. The zero-order valence-electron chi connectivity index (χ0n) is 16.3. The van der Waals surface area contributed by atoms with E-state index in [0.717, 1.165) is 57.8 Å². The van der Waals surface area contributed by atoms with Crippen LogP contribution in [0.5, 0.6) is 0 Å². The number of carboxylic acid groups (broad SMARTS) is 1. The molecule has 5 heteroatoms. The van der Waals surface area contributed by atoms with E-state index in [2.05, 4.69) is 17.3 Å². The molecule has 0 aromatic heterocycles. The van der Waals surface area contributed by atoms with Crippen molar-refractivity contribution in [3.63, 3.8) is 0 Å². The van der Waals surface area contributed by atoms with Crippen LogP contribution >= 0.6 is 0 Å². The molecule has 0 aliphatic rings. The molecule has 144 valence electrons. The Labute approximate surface area is 152 Å². The van der Waals surface area contributed by atoms with Crippen molar-refractivity contribution in [1.82, 2.24) is 0 Å². The van der Waals surface area contributed by atoms with Gasteiger partial charge in [0.05, 0.1) is 5.41 Å². The monoisotopic (exact) mass is 353 g/mol. The summed E-state index contributed by atoms with van der Waals surface area (Å²) in [5.74, 6) is -1.28. The van der Waals surface area contributed by atoms with Crippen LogP contribution in [0.4, 0.5) is 0 Å². The molecule has 0 fully saturated rings. The van der Waals surface area contributed by atoms with E-state index < -0.39 is 22.7 Å². The lowest BCUT2D eigenvalue weighted by Gasteiger charge is -2.18. The lowest BCUT2D eigenvalue weighted by Crippen LogP contribution is -2.23. The topological polar surface area (TPSA) is 83.8 Å². The molecule has 0 rings (SSSR count). The standard InChI is InChI=1S/C20H35NO4/c1-19(2,17(22)21-25)15-13-11-9-7-5-6-8-10-12-14-16-20(3,4)18(23)24/h5-6H,7-16H2,1-4H3,(H,23,24)/b6-5-. The number of nitrogens with zero attached hydrogens (tertiary/aromatic N) is 1. The molecule has 1 amide bonds. The Balaban J connectivity index is 3.58. The number of carboxylic acids is 1. The first-order valence-electron chi connectivity index (χ1n) is 9.39. The zero-order chi connectivity index (χ0) is 19.3. The first-order chi connectivity index (χ1) is 11.6. The highest BCUT2D eigenvalue weighted by atomic mass is 16.4. The molecule has 25 heavy (non-hydrogen) atoms. The first-order valence-corrected chi connectivity index (χ1v) is 9.39. The number of amides is 1. The number of nitroso groups, excluding NO2 is 1. The minimum absolute atomic E-state index is 0.556. The number of hydrogen-bond acceptors (Lipinski definition) is 3. The van der Waals surface area contributed by atoms with Crippen molar-refractivity contribution in [2.24, 2.45) is 16.0 Å². The second-order valence-electron chi connectivity index (χ2n) is 8.14. The molecule has 0 spiro atoms. The van der Waals surface area contributed by atoms with Crippen LogP contribution in [-0.2, 0) is 9.59 Å². The van der Waals surface area contributed by atoms with E-state index in [-0.39, 0.29) is 0 Å². The fourth-order valence-corrected chi connectivity index (χ4v) is 2.58. The van der Waals surface area contributed by atoms with Gasteiger partial charge >= 0.3 is 5.97 Å². The fraction of sp³-hybridized carbons (Fsp3) is 0.800. The van der Waals surface area contributed by atoms with Crippen LogP contribution in [0.1, 0.15) is 91.9 Å². The average Bonchev–Trinajstić information content (AvgIpc) is 2.54. The van der Waals surface area contributed by atoms with Crippen molar-refractivity contribution in [1.29, 1.82) is 0 Å². The molecule has 0 aliphatic carbocycles. The Bertz CT molecular complexity index is 453. The molecule has 1 N–H and O–H groups in total. The maximum atomic E-state index is 11.3. The van der Waals surface area contributed by atoms with Crippen molar-refractivity contribution in [3.05, 3.63) is 17.1 Å². The SMILES string of the molecule is CC(C)(CCCCC/C=C\CCCCCC(C)(C)C(=O)N=O)C(=O)O. The molecule has 0 aromatic rings. The fourth-order valence-electron chi connectivity index (χ4n) is 2.58. The summed E-state index contributed by atoms with van der Waals surface area (Å²) < 4.78 is 0. The lowest BCUT2D eigenvalue weighted by molar-refractivity contribution is -0.147. The third-order valence-electron chi connectivity index (χ3n) is 4.75. The number of carbonyl (C=O) groups excluding carboxylic acids is 1. The second kappa shape index (κ2) is 11.9. The predicted molar refractivity (Wildman–Crippen MR) is 101 cm³/mol. The van der Waals surface area contributed by atoms with Crippen LogP contribution in [0.2, 0.25) is 0 Å². The van der Waals surface area contributed by atoms with Gasteiger partial charge in [0.15, 0.2) is 0 Å². The summed E-state index contributed by atoms with van der Waals surface area (Å²) in [6.07, 6.45) is 14.1. The molecule has 0 heterocycles. The summed E-state index contributed by atoms with van der Waals surface area (Å²) in [5.41, 5.74) is -1.25. The van der Waals surface area contributed by atoms with Gasteiger partial charge in [-0.25, -0.2) is 0 Å². The highest BCUT2D eigenvalue weighted by molar-refractivity contribution is 5.82. The molecular weight excluding hydrogens is 318 g/mol. The normalized spacial score (nSPS) is 12.5. The minimum atomic E-state index is -0.720. The Morgan fingerprint density at radius 1 is 0.800 bits per heavy atom. The zero-order valence-corrected chi connectivity index (χ0v) is 16.3. The van der Waals surface area contributed by atoms with Gasteiger partial charge in [-0.05, 0) is 52.4 Å². The van der Waals surface area contributed by atoms with Crippen LogP contribution < -0.4 is 0 Å². The van der Waals surface area contributed by atoms with Gasteiger partial charge in [0.25, 0.3) is 5.91 Å². The molecular formula is C20H35NO4. The van der Waals surface area contributed by atoms with Crippen molar-refractivity contribution in [2.75, 3.05) is 0 Å². The van der Waals surface area contributed by atoms with E-state index in [0.29, 0.717) is 6.42 Å². The molecule has 0 aliphatic heterocycles. The van der Waals surface area contributed by atoms with E-state index in [1.54, 1.807) is 27.7 Å². The molecule has 0 unspecified atom stereocenters. The molecule has 0 saturated heterocycles. The van der Waals surface area contributed by atoms with Gasteiger partial charge in [-0.2, -0.15) is 0 Å². The van der Waals surface area contributed by atoms with Gasteiger partial charge in [-0.1, -0.05) is 51.7 Å². The molecule has 0 atom stereocenters. The molecule has 0 saturated carbocycles. The quantitative estimate of drug-likeness (QED) is 0.240. The van der Waals surface area contributed by atoms with Crippen molar-refractivity contribution < 1.29 is 14.7 Å². The number of rotatable bonds is 14. The Kier molecular flexibility index (Phi) is 11.2. The van der Waals surface area contributed by atoms with Crippen LogP contribution in [0.3, 0.4) is 0 Å². The summed E-state index contributed by atoms with van der Waals surface area (Å²) in [7, 11) is 0. The number of hydrogen-bond donors (Lipinski definition) is 1. The van der Waals surface area contributed by atoms with Gasteiger partial charge in [0.1, 0.15) is 0 Å². The smallest absolute Gasteiger partial charge is 0.309 e. The summed E-state index contributed by atoms with van der Waals surface area (Å²) in [6.45, 7) is 7.10. The maximum absolute atomic E-state index is 11.3. The molecule has 0 bridgehead atoms. The minimum Gasteiger partial charge on any atom is -0.481 e. The first kappa shape index (κ1) is 23.5. The van der Waals surface area contributed by atoms with Crippen LogP contribution in [0, 0.1) is 15.7 Å². The third-order valence-corrected chi connectivity index (χ3v) is 4.75. The third kappa shape index (κ3) is 10.8. The molecule has 5 nitrogen and oxygen atoms in total. The summed E-state index contributed by atoms with van der Waals surface area (Å²) in [4.78, 5) is 32.6. The van der Waals surface area contributed by atoms with Gasteiger partial charge in [0.2, 0.25) is 0 Å². The number of allylic oxidation sites excluding steroid dienone is 2. The molecule has 0 aromatic carbocycles. The van der Waals surface area contributed by atoms with E-state index in [1.165, 1.54) is 0 Å². The second-order valence-corrected chi connectivity index (χ2v) is 8.14. The average molecular weight is 354 g/mol. The van der Waals surface area contributed by atoms with Crippen molar-refractivity contribution >= 4 is 11.9 Å². The summed E-state index contributed by atoms with van der Waals surface area (Å²) in [5, 5.41) is 11.6. The number of unbranched alkanes of at least 4 members (excludes halogenated alkanes) is 6. The van der Waals surface area contributed by atoms with Crippen molar-refractivity contribution in [3.8, 4) is 0 Å². The van der Waals surface area contributed by atoms with Crippen LogP contribution in [-0.4, -0.2) is 17.0 Å². The van der Waals surface area contributed by atoms with Crippen LogP contribution in [0.25, 0.3) is 0 Å². The largest absolute Gasteiger partial charge is 0.481 e. The van der Waals surface area contributed by atoms with Gasteiger partial charge < -0.3 is 5.11 Å². The van der Waals surface area contributed by atoms with E-state index in [1.807, 2.05) is 0 Å². The van der Waals surface area contributed by atoms with Crippen LogP contribution in [0.15, 0.2) is 17.3 Å². The van der Waals surface area contributed by atoms with Gasteiger partial charge in [0, 0.05) is 10.6 Å². The van der Waals surface area contributed by atoms with E-state index in [9.17, 15) is 14.5 Å². The molecule has 0 radical (unpaired) electrons. The number of carbonyl (C=O) groups is 2. The summed E-state index contributed by atoms with van der Waals surface area (Å²) >= 11 is 0.